The number of carbonyl (C=O) groups excluding carboxylic acids is 1. The van der Waals surface area contributed by atoms with Crippen molar-refractivity contribution in [2.45, 2.75) is 19.5 Å². The Labute approximate surface area is 122 Å². The summed E-state index contributed by atoms with van der Waals surface area (Å²) in [6.45, 7) is 2.71. The summed E-state index contributed by atoms with van der Waals surface area (Å²) in [7, 11) is 1.36. The number of halogens is 1. The molecule has 0 aliphatic heterocycles. The molecule has 0 amide bonds. The van der Waals surface area contributed by atoms with Crippen molar-refractivity contribution in [1.29, 1.82) is 0 Å². The first kappa shape index (κ1) is 14.4. The second-order valence-corrected chi connectivity index (χ2v) is 4.65. The number of methoxy groups -OCH3 is 1. The fourth-order valence-electron chi connectivity index (χ4n) is 1.95. The van der Waals surface area contributed by atoms with Crippen molar-refractivity contribution in [1.82, 2.24) is 9.55 Å². The van der Waals surface area contributed by atoms with Gasteiger partial charge in [0.1, 0.15) is 0 Å². The lowest BCUT2D eigenvalue weighted by atomic mass is 10.2. The highest BCUT2D eigenvalue weighted by Crippen LogP contribution is 2.23. The Hall–Kier alpha value is -2.01. The number of rotatable bonds is 5. The summed E-state index contributed by atoms with van der Waals surface area (Å²) < 4.78 is 6.75. The molecule has 1 heterocycles. The Morgan fingerprint density at radius 1 is 1.55 bits per heavy atom. The van der Waals surface area contributed by atoms with Crippen LogP contribution < -0.4 is 5.32 Å². The monoisotopic (exact) mass is 293 g/mol. The van der Waals surface area contributed by atoms with Crippen molar-refractivity contribution in [2.24, 2.45) is 0 Å². The molecule has 1 N–H and O–H groups in total. The number of nitrogens with zero attached hydrogens (tertiary/aromatic N) is 2. The van der Waals surface area contributed by atoms with Gasteiger partial charge in [0, 0.05) is 17.3 Å². The molecule has 0 spiro atoms. The van der Waals surface area contributed by atoms with Crippen LogP contribution in [-0.4, -0.2) is 22.6 Å². The van der Waals surface area contributed by atoms with Gasteiger partial charge in [0.05, 0.1) is 25.3 Å². The average Bonchev–Trinajstić information content (AvgIpc) is 2.92. The van der Waals surface area contributed by atoms with Gasteiger partial charge in [-0.25, -0.2) is 9.78 Å². The molecule has 1 atom stereocenters. The predicted molar refractivity (Wildman–Crippen MR) is 77.7 cm³/mol. The van der Waals surface area contributed by atoms with Crippen molar-refractivity contribution in [3.05, 3.63) is 47.5 Å². The number of aryl methyl sites for hydroxylation is 1. The van der Waals surface area contributed by atoms with Gasteiger partial charge in [-0.1, -0.05) is 17.7 Å². The number of anilines is 1. The summed E-state index contributed by atoms with van der Waals surface area (Å²) >= 11 is 5.95. The molecule has 0 bridgehead atoms. The number of carbonyl (C=O) groups is 1. The number of esters is 1. The maximum atomic E-state index is 12.0. The molecule has 0 saturated heterocycles. The predicted octanol–water partition coefficient (Wildman–Crippen LogP) is 2.88. The van der Waals surface area contributed by atoms with Gasteiger partial charge in [-0.2, -0.15) is 0 Å². The summed E-state index contributed by atoms with van der Waals surface area (Å²) in [6.07, 6.45) is 3.34. The third-order valence-electron chi connectivity index (χ3n) is 2.95. The van der Waals surface area contributed by atoms with Gasteiger partial charge >= 0.3 is 5.97 Å². The topological polar surface area (TPSA) is 56.2 Å². The van der Waals surface area contributed by atoms with E-state index < -0.39 is 6.04 Å². The summed E-state index contributed by atoms with van der Waals surface area (Å²) in [5, 5.41) is 3.73. The maximum absolute atomic E-state index is 12.0. The minimum atomic E-state index is -0.624. The zero-order valence-electron chi connectivity index (χ0n) is 11.3. The van der Waals surface area contributed by atoms with E-state index in [-0.39, 0.29) is 5.97 Å². The molecule has 0 radical (unpaired) electrons. The Morgan fingerprint density at radius 3 is 3.00 bits per heavy atom. The molecule has 1 aromatic heterocycles. The van der Waals surface area contributed by atoms with Crippen LogP contribution in [-0.2, 0) is 16.1 Å². The first-order valence-electron chi connectivity index (χ1n) is 6.25. The highest BCUT2D eigenvalue weighted by Gasteiger charge is 2.24. The third kappa shape index (κ3) is 3.11. The van der Waals surface area contributed by atoms with Crippen molar-refractivity contribution >= 4 is 23.3 Å². The molecule has 5 nitrogen and oxygen atoms in total. The van der Waals surface area contributed by atoms with E-state index in [1.807, 2.05) is 23.6 Å². The molecule has 106 valence electrons. The van der Waals surface area contributed by atoms with Crippen molar-refractivity contribution in [3.8, 4) is 0 Å². The first-order chi connectivity index (χ1) is 9.65. The van der Waals surface area contributed by atoms with Crippen LogP contribution in [0.4, 0.5) is 5.69 Å². The Balaban J connectivity index is 2.31. The van der Waals surface area contributed by atoms with E-state index in [0.29, 0.717) is 5.02 Å². The number of ether oxygens (including phenoxy) is 1. The van der Waals surface area contributed by atoms with E-state index in [2.05, 4.69) is 10.3 Å². The number of hydrogen-bond donors (Lipinski definition) is 1. The Kier molecular flexibility index (Phi) is 4.63. The van der Waals surface area contributed by atoms with Gasteiger partial charge in [0.15, 0.2) is 6.04 Å². The van der Waals surface area contributed by atoms with Crippen LogP contribution in [0.25, 0.3) is 0 Å². The van der Waals surface area contributed by atoms with Crippen LogP contribution >= 0.6 is 11.6 Å². The van der Waals surface area contributed by atoms with E-state index in [4.69, 9.17) is 16.3 Å². The molecule has 2 aromatic rings. The van der Waals surface area contributed by atoms with Crippen LogP contribution in [0.3, 0.4) is 0 Å². The minimum Gasteiger partial charge on any atom is -0.467 e. The fourth-order valence-corrected chi connectivity index (χ4v) is 2.14. The second-order valence-electron chi connectivity index (χ2n) is 4.22. The summed E-state index contributed by atoms with van der Waals surface area (Å²) in [5.74, 6) is -0.375. The van der Waals surface area contributed by atoms with Crippen molar-refractivity contribution in [2.75, 3.05) is 12.4 Å². The van der Waals surface area contributed by atoms with Crippen LogP contribution in [0.15, 0.2) is 36.8 Å². The molecule has 0 aliphatic carbocycles. The largest absolute Gasteiger partial charge is 0.467 e. The second kappa shape index (κ2) is 6.43. The number of nitrogens with one attached hydrogen (secondary N) is 1. The SMILES string of the molecule is CCn1cncc1C(Nc1cccc(Cl)c1)C(=O)OC. The third-order valence-corrected chi connectivity index (χ3v) is 3.19. The molecule has 6 heteroatoms. The van der Waals surface area contributed by atoms with Gasteiger partial charge in [-0.3, -0.25) is 0 Å². The van der Waals surface area contributed by atoms with E-state index in [1.165, 1.54) is 7.11 Å². The average molecular weight is 294 g/mol. The number of benzene rings is 1. The van der Waals surface area contributed by atoms with Gasteiger partial charge in [-0.05, 0) is 25.1 Å². The fraction of sp³-hybridized carbons (Fsp3) is 0.286. The quantitative estimate of drug-likeness (QED) is 0.861. The molecule has 2 rings (SSSR count). The molecule has 1 aromatic carbocycles. The molecular weight excluding hydrogens is 278 g/mol. The smallest absolute Gasteiger partial charge is 0.334 e. The number of aromatic nitrogens is 2. The summed E-state index contributed by atoms with van der Waals surface area (Å²) in [5.41, 5.74) is 1.50. The zero-order valence-corrected chi connectivity index (χ0v) is 12.1. The molecular formula is C14H16ClN3O2. The van der Waals surface area contributed by atoms with Gasteiger partial charge < -0.3 is 14.6 Å². The van der Waals surface area contributed by atoms with E-state index in [1.54, 1.807) is 24.7 Å². The lowest BCUT2D eigenvalue weighted by Gasteiger charge is -2.19. The lowest BCUT2D eigenvalue weighted by Crippen LogP contribution is -2.24. The maximum Gasteiger partial charge on any atom is 0.334 e. The van der Waals surface area contributed by atoms with Gasteiger partial charge in [0.25, 0.3) is 0 Å². The van der Waals surface area contributed by atoms with E-state index in [0.717, 1.165) is 17.9 Å². The van der Waals surface area contributed by atoms with Crippen molar-refractivity contribution in [3.63, 3.8) is 0 Å². The van der Waals surface area contributed by atoms with E-state index >= 15 is 0 Å². The standard InChI is InChI=1S/C14H16ClN3O2/c1-3-18-9-16-8-12(18)13(14(19)20-2)17-11-6-4-5-10(15)7-11/h4-9,13,17H,3H2,1-2H3. The molecule has 0 aliphatic rings. The summed E-state index contributed by atoms with van der Waals surface area (Å²) in [4.78, 5) is 16.1. The van der Waals surface area contributed by atoms with Crippen LogP contribution in [0.1, 0.15) is 18.7 Å². The first-order valence-corrected chi connectivity index (χ1v) is 6.63. The van der Waals surface area contributed by atoms with Gasteiger partial charge in [0.2, 0.25) is 0 Å². The van der Waals surface area contributed by atoms with Gasteiger partial charge in [-0.15, -0.1) is 0 Å². The van der Waals surface area contributed by atoms with Crippen LogP contribution in [0.2, 0.25) is 5.02 Å². The molecule has 0 fully saturated rings. The van der Waals surface area contributed by atoms with Crippen molar-refractivity contribution < 1.29 is 9.53 Å². The normalized spacial score (nSPS) is 11.9. The molecule has 20 heavy (non-hydrogen) atoms. The number of hydrogen-bond acceptors (Lipinski definition) is 4. The summed E-state index contributed by atoms with van der Waals surface area (Å²) in [6, 6.07) is 6.56. The number of imidazole rings is 1. The highest BCUT2D eigenvalue weighted by atomic mass is 35.5. The highest BCUT2D eigenvalue weighted by molar-refractivity contribution is 6.30. The Morgan fingerprint density at radius 2 is 2.35 bits per heavy atom. The lowest BCUT2D eigenvalue weighted by molar-refractivity contribution is -0.141. The van der Waals surface area contributed by atoms with Crippen LogP contribution in [0, 0.1) is 0 Å². The molecule has 0 saturated carbocycles. The minimum absolute atomic E-state index is 0.375. The molecule has 1 unspecified atom stereocenters. The zero-order chi connectivity index (χ0) is 14.5. The Bertz CT molecular complexity index is 598. The van der Waals surface area contributed by atoms with Crippen LogP contribution in [0.5, 0.6) is 0 Å². The van der Waals surface area contributed by atoms with E-state index in [9.17, 15) is 4.79 Å².